The quantitative estimate of drug-likeness (QED) is 0.813. The molecule has 0 fully saturated rings. The lowest BCUT2D eigenvalue weighted by molar-refractivity contribution is -0.0962. The zero-order valence-electron chi connectivity index (χ0n) is 10.8. The fourth-order valence-electron chi connectivity index (χ4n) is 2.19. The van der Waals surface area contributed by atoms with Crippen molar-refractivity contribution < 1.29 is 18.3 Å². The van der Waals surface area contributed by atoms with E-state index in [1.54, 1.807) is 11.1 Å². The van der Waals surface area contributed by atoms with Gasteiger partial charge in [0.05, 0.1) is 24.5 Å². The minimum Gasteiger partial charge on any atom is -0.396 e. The van der Waals surface area contributed by atoms with E-state index in [1.165, 1.54) is 17.0 Å². The second-order valence-corrected chi connectivity index (χ2v) is 4.89. The van der Waals surface area contributed by atoms with Gasteiger partial charge in [-0.2, -0.15) is 18.3 Å². The molecule has 2 heterocycles. The Hall–Kier alpha value is -1.54. The van der Waals surface area contributed by atoms with Gasteiger partial charge in [-0.15, -0.1) is 0 Å². The van der Waals surface area contributed by atoms with Gasteiger partial charge in [0.25, 0.3) is 0 Å². The monoisotopic (exact) mass is 290 g/mol. The van der Waals surface area contributed by atoms with Crippen LogP contribution in [-0.4, -0.2) is 51.7 Å². The number of nitrogens with zero attached hydrogens (tertiary/aromatic N) is 3. The number of halogens is 3. The molecule has 1 aliphatic heterocycles. The molecule has 0 spiro atoms. The summed E-state index contributed by atoms with van der Waals surface area (Å²) in [6.07, 6.45) is -0.715. The van der Waals surface area contributed by atoms with Crippen LogP contribution in [0.2, 0.25) is 0 Å². The molecule has 0 amide bonds. The van der Waals surface area contributed by atoms with E-state index >= 15 is 0 Å². The minimum atomic E-state index is -4.24. The van der Waals surface area contributed by atoms with Crippen molar-refractivity contribution in [3.63, 3.8) is 0 Å². The summed E-state index contributed by atoms with van der Waals surface area (Å²) in [5.41, 5.74) is 5.53. The molecule has 1 atom stereocenters. The van der Waals surface area contributed by atoms with Crippen LogP contribution in [0, 0.1) is 0 Å². The Kier molecular flexibility index (Phi) is 4.34. The molecule has 1 aliphatic rings. The molecule has 0 saturated heterocycles. The third-order valence-electron chi connectivity index (χ3n) is 3.18. The Labute approximate surface area is 114 Å². The molecule has 1 aromatic heterocycles. The Morgan fingerprint density at radius 3 is 2.65 bits per heavy atom. The summed E-state index contributed by atoms with van der Waals surface area (Å²) in [5, 5.41) is 13.8. The van der Waals surface area contributed by atoms with Gasteiger partial charge in [0.2, 0.25) is 0 Å². The van der Waals surface area contributed by atoms with Gasteiger partial charge >= 0.3 is 6.18 Å². The van der Waals surface area contributed by atoms with Gasteiger partial charge in [0.15, 0.2) is 0 Å². The Bertz CT molecular complexity index is 483. The molecule has 0 aliphatic carbocycles. The third kappa shape index (κ3) is 3.97. The van der Waals surface area contributed by atoms with Crippen LogP contribution in [0.3, 0.4) is 0 Å². The zero-order chi connectivity index (χ0) is 14.8. The number of rotatable bonds is 4. The number of alkyl halides is 3. The van der Waals surface area contributed by atoms with E-state index < -0.39 is 17.9 Å². The smallest absolute Gasteiger partial charge is 0.396 e. The fourth-order valence-corrected chi connectivity index (χ4v) is 2.19. The second-order valence-electron chi connectivity index (χ2n) is 4.89. The standard InChI is InChI=1S/C12H17F3N4O/c13-12(14,15)9-1-3-18(4-2-9)7-11(20)8-19-6-10(16)5-17-19/h1,5-6,11,20H,2-4,7-8,16H2. The topological polar surface area (TPSA) is 67.3 Å². The molecular formula is C12H17F3N4O. The SMILES string of the molecule is Nc1cnn(CC(O)CN2CC=C(C(F)(F)F)CC2)c1. The first kappa shape index (κ1) is 14.9. The maximum atomic E-state index is 12.5. The van der Waals surface area contributed by atoms with Gasteiger partial charge in [-0.1, -0.05) is 6.08 Å². The van der Waals surface area contributed by atoms with Crippen molar-refractivity contribution in [2.45, 2.75) is 25.2 Å². The van der Waals surface area contributed by atoms with Crippen molar-refractivity contribution in [2.75, 3.05) is 25.4 Å². The van der Waals surface area contributed by atoms with Crippen LogP contribution in [0.1, 0.15) is 6.42 Å². The second kappa shape index (κ2) is 5.84. The molecule has 5 nitrogen and oxygen atoms in total. The van der Waals surface area contributed by atoms with Gasteiger partial charge < -0.3 is 10.8 Å². The molecule has 1 aromatic rings. The fraction of sp³-hybridized carbons (Fsp3) is 0.583. The lowest BCUT2D eigenvalue weighted by atomic mass is 10.1. The van der Waals surface area contributed by atoms with Crippen LogP contribution < -0.4 is 5.73 Å². The van der Waals surface area contributed by atoms with E-state index in [9.17, 15) is 18.3 Å². The summed E-state index contributed by atoms with van der Waals surface area (Å²) in [5.74, 6) is 0. The summed E-state index contributed by atoms with van der Waals surface area (Å²) in [7, 11) is 0. The van der Waals surface area contributed by atoms with Crippen LogP contribution in [0.15, 0.2) is 24.0 Å². The van der Waals surface area contributed by atoms with Gasteiger partial charge in [-0.25, -0.2) is 0 Å². The predicted molar refractivity (Wildman–Crippen MR) is 67.8 cm³/mol. The molecule has 0 radical (unpaired) electrons. The van der Waals surface area contributed by atoms with Crippen LogP contribution in [0.25, 0.3) is 0 Å². The number of β-amino-alcohol motifs (C(OH)–C–C–N with tert-alkyl or cyclic N) is 1. The van der Waals surface area contributed by atoms with Crippen molar-refractivity contribution in [2.24, 2.45) is 0 Å². The Morgan fingerprint density at radius 2 is 2.15 bits per heavy atom. The number of aromatic nitrogens is 2. The Morgan fingerprint density at radius 1 is 1.40 bits per heavy atom. The maximum absolute atomic E-state index is 12.5. The molecule has 20 heavy (non-hydrogen) atoms. The number of nitrogen functional groups attached to an aromatic ring is 1. The van der Waals surface area contributed by atoms with E-state index in [2.05, 4.69) is 5.10 Å². The first-order chi connectivity index (χ1) is 9.34. The summed E-state index contributed by atoms with van der Waals surface area (Å²) in [4.78, 5) is 1.78. The first-order valence-corrected chi connectivity index (χ1v) is 6.29. The number of aliphatic hydroxyl groups excluding tert-OH is 1. The van der Waals surface area contributed by atoms with E-state index in [4.69, 9.17) is 5.73 Å². The maximum Gasteiger partial charge on any atom is 0.412 e. The zero-order valence-corrected chi connectivity index (χ0v) is 10.8. The van der Waals surface area contributed by atoms with Crippen LogP contribution in [-0.2, 0) is 6.54 Å². The molecule has 2 rings (SSSR count). The average molecular weight is 290 g/mol. The van der Waals surface area contributed by atoms with Crippen molar-refractivity contribution in [3.05, 3.63) is 24.0 Å². The number of nitrogens with two attached hydrogens (primary N) is 1. The largest absolute Gasteiger partial charge is 0.412 e. The van der Waals surface area contributed by atoms with E-state index in [0.717, 1.165) is 0 Å². The third-order valence-corrected chi connectivity index (χ3v) is 3.18. The van der Waals surface area contributed by atoms with Crippen molar-refractivity contribution in [1.29, 1.82) is 0 Å². The van der Waals surface area contributed by atoms with Crippen LogP contribution >= 0.6 is 0 Å². The summed E-state index contributed by atoms with van der Waals surface area (Å²) < 4.78 is 38.9. The van der Waals surface area contributed by atoms with E-state index in [1.807, 2.05) is 0 Å². The summed E-state index contributed by atoms with van der Waals surface area (Å²) >= 11 is 0. The van der Waals surface area contributed by atoms with Gasteiger partial charge in [0.1, 0.15) is 0 Å². The highest BCUT2D eigenvalue weighted by molar-refractivity contribution is 5.30. The van der Waals surface area contributed by atoms with E-state index in [-0.39, 0.29) is 19.5 Å². The highest BCUT2D eigenvalue weighted by Gasteiger charge is 2.34. The molecule has 1 unspecified atom stereocenters. The van der Waals surface area contributed by atoms with Gasteiger partial charge in [0, 0.05) is 31.4 Å². The highest BCUT2D eigenvalue weighted by Crippen LogP contribution is 2.30. The number of aliphatic hydroxyl groups is 1. The molecule has 0 bridgehead atoms. The molecule has 0 saturated carbocycles. The van der Waals surface area contributed by atoms with Crippen LogP contribution in [0.4, 0.5) is 18.9 Å². The molecular weight excluding hydrogens is 273 g/mol. The van der Waals surface area contributed by atoms with Crippen molar-refractivity contribution >= 4 is 5.69 Å². The summed E-state index contributed by atoms with van der Waals surface area (Å²) in [6.45, 7) is 1.07. The molecule has 8 heteroatoms. The van der Waals surface area contributed by atoms with Crippen LogP contribution in [0.5, 0.6) is 0 Å². The molecule has 3 N–H and O–H groups in total. The van der Waals surface area contributed by atoms with Crippen molar-refractivity contribution in [1.82, 2.24) is 14.7 Å². The van der Waals surface area contributed by atoms with Crippen molar-refractivity contribution in [3.8, 4) is 0 Å². The minimum absolute atomic E-state index is 0.0368. The predicted octanol–water partition coefficient (Wildman–Crippen LogP) is 1.02. The van der Waals surface area contributed by atoms with Gasteiger partial charge in [-0.05, 0) is 6.42 Å². The molecule has 112 valence electrons. The van der Waals surface area contributed by atoms with E-state index in [0.29, 0.717) is 18.8 Å². The summed E-state index contributed by atoms with van der Waals surface area (Å²) in [6, 6.07) is 0. The number of anilines is 1. The normalized spacial score (nSPS) is 18.9. The highest BCUT2D eigenvalue weighted by atomic mass is 19.4. The van der Waals surface area contributed by atoms with Gasteiger partial charge in [-0.3, -0.25) is 9.58 Å². The molecule has 0 aromatic carbocycles. The average Bonchev–Trinajstić information content (AvgIpc) is 2.74. The Balaban J connectivity index is 1.82. The first-order valence-electron chi connectivity index (χ1n) is 6.29. The lowest BCUT2D eigenvalue weighted by Gasteiger charge is -2.28. The number of hydrogen-bond donors (Lipinski definition) is 2. The lowest BCUT2D eigenvalue weighted by Crippen LogP contribution is -2.38. The number of hydrogen-bond acceptors (Lipinski definition) is 4.